The fraction of sp³-hybridized carbons (Fsp3) is 0.917. The van der Waals surface area contributed by atoms with Crippen molar-refractivity contribution in [2.24, 2.45) is 11.8 Å². The van der Waals surface area contributed by atoms with Gasteiger partial charge < -0.3 is 4.79 Å². The minimum Gasteiger partial charge on any atom is -0.303 e. The van der Waals surface area contributed by atoms with E-state index < -0.39 is 0 Å². The molecule has 0 amide bonds. The van der Waals surface area contributed by atoms with Gasteiger partial charge in [-0.1, -0.05) is 44.8 Å². The Kier molecular flexibility index (Phi) is 4.21. The van der Waals surface area contributed by atoms with Gasteiger partial charge in [-0.15, -0.1) is 0 Å². The Morgan fingerprint density at radius 1 is 1.57 bits per heavy atom. The molecule has 1 nitrogen and oxygen atoms in total. The van der Waals surface area contributed by atoms with Gasteiger partial charge in [-0.05, 0) is 18.3 Å². The van der Waals surface area contributed by atoms with Crippen molar-refractivity contribution in [2.75, 3.05) is 0 Å². The van der Waals surface area contributed by atoms with E-state index in [2.05, 4.69) is 13.8 Å². The zero-order chi connectivity index (χ0) is 10.6. The van der Waals surface area contributed by atoms with E-state index in [1.807, 2.05) is 0 Å². The first kappa shape index (κ1) is 11.8. The highest BCUT2D eigenvalue weighted by atomic mass is 16.1. The molecule has 0 aromatic heterocycles. The summed E-state index contributed by atoms with van der Waals surface area (Å²) in [5.41, 5.74) is 0. The lowest BCUT2D eigenvalue weighted by Gasteiger charge is -2.27. The van der Waals surface area contributed by atoms with E-state index in [1.165, 1.54) is 12.8 Å². The Balaban J connectivity index is 2.49. The molecule has 14 heavy (non-hydrogen) atoms. The standard InChI is InChI=1S/C12H21BO/c1-10-9-12(2,13)7-3-5-11(10)6-4-8-14/h8,10-11H,3-7,9H2,1-2H3/t10?,11?,12-/m0/s1. The Labute approximate surface area is 89.1 Å². The molecule has 3 atom stereocenters. The minimum absolute atomic E-state index is 0.0232. The Morgan fingerprint density at radius 3 is 2.93 bits per heavy atom. The molecule has 0 aliphatic heterocycles. The van der Waals surface area contributed by atoms with Crippen molar-refractivity contribution < 1.29 is 4.79 Å². The molecule has 1 rings (SSSR count). The predicted molar refractivity (Wildman–Crippen MR) is 60.5 cm³/mol. The summed E-state index contributed by atoms with van der Waals surface area (Å²) in [4.78, 5) is 10.3. The first-order valence-corrected chi connectivity index (χ1v) is 5.78. The van der Waals surface area contributed by atoms with Gasteiger partial charge in [0.05, 0.1) is 7.85 Å². The second-order valence-electron chi connectivity index (χ2n) is 5.23. The third kappa shape index (κ3) is 3.47. The van der Waals surface area contributed by atoms with Gasteiger partial charge in [0.2, 0.25) is 0 Å². The zero-order valence-electron chi connectivity index (χ0n) is 9.46. The lowest BCUT2D eigenvalue weighted by atomic mass is 9.63. The van der Waals surface area contributed by atoms with E-state index >= 15 is 0 Å². The number of carbonyl (C=O) groups excluding carboxylic acids is 1. The molecule has 1 fully saturated rings. The molecule has 0 heterocycles. The Morgan fingerprint density at radius 2 is 2.29 bits per heavy atom. The van der Waals surface area contributed by atoms with Crippen molar-refractivity contribution in [3.8, 4) is 0 Å². The minimum atomic E-state index is 0.0232. The van der Waals surface area contributed by atoms with Gasteiger partial charge in [-0.2, -0.15) is 0 Å². The molecule has 1 saturated carbocycles. The average Bonchev–Trinajstić information content (AvgIpc) is 2.20. The molecule has 0 bridgehead atoms. The average molecular weight is 192 g/mol. The molecule has 2 unspecified atom stereocenters. The smallest absolute Gasteiger partial charge is 0.120 e. The first-order valence-electron chi connectivity index (χ1n) is 5.78. The van der Waals surface area contributed by atoms with Crippen LogP contribution in [0.2, 0.25) is 5.31 Å². The van der Waals surface area contributed by atoms with E-state index in [1.54, 1.807) is 0 Å². The predicted octanol–water partition coefficient (Wildman–Crippen LogP) is 3.14. The van der Waals surface area contributed by atoms with Crippen molar-refractivity contribution in [2.45, 2.75) is 57.7 Å². The summed E-state index contributed by atoms with van der Waals surface area (Å²) < 4.78 is 0. The lowest BCUT2D eigenvalue weighted by Crippen LogP contribution is -2.15. The van der Waals surface area contributed by atoms with Crippen molar-refractivity contribution >= 4 is 14.1 Å². The van der Waals surface area contributed by atoms with Crippen LogP contribution in [0.4, 0.5) is 0 Å². The molecule has 1 aliphatic rings. The number of aldehydes is 1. The quantitative estimate of drug-likeness (QED) is 0.381. The fourth-order valence-corrected chi connectivity index (χ4v) is 2.77. The van der Waals surface area contributed by atoms with Crippen molar-refractivity contribution in [3.05, 3.63) is 0 Å². The first-order chi connectivity index (χ1) is 6.55. The van der Waals surface area contributed by atoms with Gasteiger partial charge in [-0.25, -0.2) is 0 Å². The largest absolute Gasteiger partial charge is 0.303 e. The van der Waals surface area contributed by atoms with Crippen LogP contribution < -0.4 is 0 Å². The van der Waals surface area contributed by atoms with Crippen LogP contribution in [0.5, 0.6) is 0 Å². The van der Waals surface area contributed by atoms with Crippen LogP contribution in [0.25, 0.3) is 0 Å². The summed E-state index contributed by atoms with van der Waals surface area (Å²) in [6, 6.07) is 0. The molecule has 78 valence electrons. The summed E-state index contributed by atoms with van der Waals surface area (Å²) in [6.45, 7) is 4.44. The summed E-state index contributed by atoms with van der Waals surface area (Å²) in [6.07, 6.45) is 7.53. The molecule has 0 aromatic rings. The van der Waals surface area contributed by atoms with Crippen LogP contribution in [0.1, 0.15) is 52.4 Å². The molecule has 1 aliphatic carbocycles. The maximum Gasteiger partial charge on any atom is 0.120 e. The number of hydrogen-bond acceptors (Lipinski definition) is 1. The Bertz CT molecular complexity index is 189. The van der Waals surface area contributed by atoms with Crippen molar-refractivity contribution in [3.63, 3.8) is 0 Å². The van der Waals surface area contributed by atoms with Crippen molar-refractivity contribution in [1.82, 2.24) is 0 Å². The van der Waals surface area contributed by atoms with Crippen LogP contribution in [0.3, 0.4) is 0 Å². The van der Waals surface area contributed by atoms with Gasteiger partial charge in [0.1, 0.15) is 6.29 Å². The highest BCUT2D eigenvalue weighted by Crippen LogP contribution is 2.43. The summed E-state index contributed by atoms with van der Waals surface area (Å²) in [5, 5.41) is 0.0232. The maximum atomic E-state index is 10.3. The monoisotopic (exact) mass is 192 g/mol. The molecular weight excluding hydrogens is 171 g/mol. The van der Waals surface area contributed by atoms with E-state index in [9.17, 15) is 4.79 Å². The van der Waals surface area contributed by atoms with E-state index in [4.69, 9.17) is 7.85 Å². The van der Waals surface area contributed by atoms with E-state index in [0.717, 1.165) is 32.0 Å². The van der Waals surface area contributed by atoms with E-state index in [-0.39, 0.29) is 5.31 Å². The zero-order valence-corrected chi connectivity index (χ0v) is 9.46. The van der Waals surface area contributed by atoms with Crippen LogP contribution in [0, 0.1) is 11.8 Å². The summed E-state index contributed by atoms with van der Waals surface area (Å²) in [5.74, 6) is 1.39. The highest BCUT2D eigenvalue weighted by molar-refractivity contribution is 6.14. The molecule has 2 radical (unpaired) electrons. The van der Waals surface area contributed by atoms with Crippen molar-refractivity contribution in [1.29, 1.82) is 0 Å². The third-order valence-electron chi connectivity index (χ3n) is 3.57. The topological polar surface area (TPSA) is 17.1 Å². The maximum absolute atomic E-state index is 10.3. The second kappa shape index (κ2) is 5.00. The third-order valence-corrected chi connectivity index (χ3v) is 3.57. The summed E-state index contributed by atoms with van der Waals surface area (Å²) in [7, 11) is 6.19. The van der Waals surface area contributed by atoms with Gasteiger partial charge in [0, 0.05) is 6.42 Å². The highest BCUT2D eigenvalue weighted by Gasteiger charge is 2.28. The van der Waals surface area contributed by atoms with Crippen LogP contribution in [-0.4, -0.2) is 14.1 Å². The number of carbonyl (C=O) groups is 1. The number of hydrogen-bond donors (Lipinski definition) is 0. The van der Waals surface area contributed by atoms with Gasteiger partial charge in [-0.3, -0.25) is 0 Å². The van der Waals surface area contributed by atoms with Crippen LogP contribution >= 0.6 is 0 Å². The van der Waals surface area contributed by atoms with E-state index in [0.29, 0.717) is 11.8 Å². The van der Waals surface area contributed by atoms with Gasteiger partial charge >= 0.3 is 0 Å². The molecule has 0 spiro atoms. The SMILES string of the molecule is [B][C@@]1(C)CCCC(CCC=O)C(C)C1. The summed E-state index contributed by atoms with van der Waals surface area (Å²) >= 11 is 0. The molecular formula is C12H21BO. The Hall–Kier alpha value is -0.265. The molecule has 0 saturated heterocycles. The normalized spacial score (nSPS) is 39.0. The number of rotatable bonds is 3. The molecule has 0 aromatic carbocycles. The lowest BCUT2D eigenvalue weighted by molar-refractivity contribution is -0.108. The second-order valence-corrected chi connectivity index (χ2v) is 5.23. The molecule has 0 N–H and O–H groups in total. The van der Waals surface area contributed by atoms with Gasteiger partial charge in [0.25, 0.3) is 0 Å². The van der Waals surface area contributed by atoms with Gasteiger partial charge in [0.15, 0.2) is 0 Å². The van der Waals surface area contributed by atoms with Crippen LogP contribution in [-0.2, 0) is 4.79 Å². The van der Waals surface area contributed by atoms with Crippen LogP contribution in [0.15, 0.2) is 0 Å². The fourth-order valence-electron chi connectivity index (χ4n) is 2.77. The molecule has 2 heteroatoms.